The van der Waals surface area contributed by atoms with Gasteiger partial charge in [-0.05, 0) is 43.9 Å². The van der Waals surface area contributed by atoms with E-state index in [4.69, 9.17) is 9.47 Å². The number of rotatable bonds is 14. The average molecular weight is 473 g/mol. The molecule has 0 unspecified atom stereocenters. The topological polar surface area (TPSA) is 103 Å². The number of anilines is 1. The molecule has 1 amide bonds. The number of hydrogen-bond acceptors (Lipinski definition) is 8. The Morgan fingerprint density at radius 1 is 1.12 bits per heavy atom. The maximum Gasteiger partial charge on any atom is 0.251 e. The molecular weight excluding hydrogens is 440 g/mol. The highest BCUT2D eigenvalue weighted by molar-refractivity contribution is 7.98. The number of thioether (sulfide) groups is 1. The van der Waals surface area contributed by atoms with Crippen molar-refractivity contribution in [1.82, 2.24) is 25.1 Å². The SMILES string of the molecule is CCCCOc1ccc(C(=O)NCCn2ncc3c(NCCOCC)nc(SC)nc32)cc1. The minimum Gasteiger partial charge on any atom is -0.494 e. The first-order valence-electron chi connectivity index (χ1n) is 11.3. The number of benzene rings is 1. The first kappa shape index (κ1) is 24.8. The van der Waals surface area contributed by atoms with Crippen LogP contribution in [0.25, 0.3) is 11.0 Å². The molecule has 9 nitrogen and oxygen atoms in total. The van der Waals surface area contributed by atoms with Gasteiger partial charge in [0.15, 0.2) is 10.8 Å². The first-order valence-corrected chi connectivity index (χ1v) is 12.5. The van der Waals surface area contributed by atoms with Crippen LogP contribution in [0.3, 0.4) is 0 Å². The third-order valence-corrected chi connectivity index (χ3v) is 5.44. The molecule has 2 aromatic heterocycles. The fourth-order valence-corrected chi connectivity index (χ4v) is 3.49. The second-order valence-corrected chi connectivity index (χ2v) is 8.04. The largest absolute Gasteiger partial charge is 0.494 e. The summed E-state index contributed by atoms with van der Waals surface area (Å²) in [7, 11) is 0. The highest BCUT2D eigenvalue weighted by atomic mass is 32.2. The van der Waals surface area contributed by atoms with Crippen molar-refractivity contribution in [3.05, 3.63) is 36.0 Å². The molecule has 0 radical (unpaired) electrons. The number of ether oxygens (including phenoxy) is 2. The van der Waals surface area contributed by atoms with E-state index in [1.54, 1.807) is 23.0 Å². The van der Waals surface area contributed by atoms with Crippen molar-refractivity contribution < 1.29 is 14.3 Å². The molecule has 0 aliphatic heterocycles. The van der Waals surface area contributed by atoms with Crippen LogP contribution < -0.4 is 15.4 Å². The lowest BCUT2D eigenvalue weighted by atomic mass is 10.2. The van der Waals surface area contributed by atoms with E-state index in [0.717, 1.165) is 35.4 Å². The highest BCUT2D eigenvalue weighted by Gasteiger charge is 2.13. The minimum atomic E-state index is -0.135. The molecule has 178 valence electrons. The quantitative estimate of drug-likeness (QED) is 0.208. The predicted octanol–water partition coefficient (Wildman–Crippen LogP) is 3.61. The Morgan fingerprint density at radius 3 is 2.67 bits per heavy atom. The van der Waals surface area contributed by atoms with Crippen LogP contribution in [-0.2, 0) is 11.3 Å². The Labute approximate surface area is 198 Å². The molecule has 0 atom stereocenters. The fraction of sp³-hybridized carbons (Fsp3) is 0.478. The first-order chi connectivity index (χ1) is 16.2. The van der Waals surface area contributed by atoms with E-state index in [-0.39, 0.29) is 5.91 Å². The van der Waals surface area contributed by atoms with Gasteiger partial charge in [0.25, 0.3) is 5.91 Å². The van der Waals surface area contributed by atoms with Crippen LogP contribution in [0.1, 0.15) is 37.0 Å². The standard InChI is InChI=1S/C23H32N6O3S/c1-4-6-14-32-18-9-7-17(8-10-18)22(30)25-11-13-29-21-19(16-26-29)20(24-12-15-31-5-2)27-23(28-21)33-3/h7-10,16H,4-6,11-15H2,1-3H3,(H,25,30)(H,24,27,28). The summed E-state index contributed by atoms with van der Waals surface area (Å²) in [6.45, 7) is 7.63. The molecule has 2 N–H and O–H groups in total. The van der Waals surface area contributed by atoms with Crippen molar-refractivity contribution in [3.63, 3.8) is 0 Å². The molecule has 0 aliphatic carbocycles. The summed E-state index contributed by atoms with van der Waals surface area (Å²) in [5.41, 5.74) is 1.33. The maximum absolute atomic E-state index is 12.5. The number of nitrogens with zero attached hydrogens (tertiary/aromatic N) is 4. The normalized spacial score (nSPS) is 11.0. The second kappa shape index (κ2) is 13.0. The molecule has 1 aromatic carbocycles. The predicted molar refractivity (Wildman–Crippen MR) is 131 cm³/mol. The number of amides is 1. The van der Waals surface area contributed by atoms with Crippen molar-refractivity contribution in [2.24, 2.45) is 0 Å². The summed E-state index contributed by atoms with van der Waals surface area (Å²) >= 11 is 1.47. The van der Waals surface area contributed by atoms with Crippen LogP contribution in [0.15, 0.2) is 35.6 Å². The minimum absolute atomic E-state index is 0.135. The van der Waals surface area contributed by atoms with Crippen LogP contribution in [-0.4, -0.2) is 64.8 Å². The van der Waals surface area contributed by atoms with E-state index in [9.17, 15) is 4.79 Å². The zero-order chi connectivity index (χ0) is 23.5. The summed E-state index contributed by atoms with van der Waals surface area (Å²) < 4.78 is 12.8. The molecule has 3 aromatic rings. The number of unbranched alkanes of at least 4 members (excludes halogenated alkanes) is 1. The molecular formula is C23H32N6O3S. The lowest BCUT2D eigenvalue weighted by Gasteiger charge is -2.10. The van der Waals surface area contributed by atoms with E-state index < -0.39 is 0 Å². The van der Waals surface area contributed by atoms with Gasteiger partial charge in [-0.25, -0.2) is 14.6 Å². The Morgan fingerprint density at radius 2 is 1.94 bits per heavy atom. The van der Waals surface area contributed by atoms with E-state index in [0.29, 0.717) is 50.2 Å². The van der Waals surface area contributed by atoms with Crippen LogP contribution in [0.5, 0.6) is 5.75 Å². The number of fused-ring (bicyclic) bond motifs is 1. The van der Waals surface area contributed by atoms with Gasteiger partial charge in [-0.15, -0.1) is 0 Å². The zero-order valence-corrected chi connectivity index (χ0v) is 20.3. The molecule has 3 rings (SSSR count). The molecule has 0 aliphatic rings. The third kappa shape index (κ3) is 7.06. The summed E-state index contributed by atoms with van der Waals surface area (Å²) in [6, 6.07) is 7.20. The van der Waals surface area contributed by atoms with Gasteiger partial charge in [-0.3, -0.25) is 4.79 Å². The summed E-state index contributed by atoms with van der Waals surface area (Å²) in [5, 5.41) is 12.2. The molecule has 0 fully saturated rings. The number of nitrogens with one attached hydrogen (secondary N) is 2. The maximum atomic E-state index is 12.5. The summed E-state index contributed by atoms with van der Waals surface area (Å²) in [6.07, 6.45) is 5.79. The number of aromatic nitrogens is 4. The van der Waals surface area contributed by atoms with E-state index >= 15 is 0 Å². The molecule has 10 heteroatoms. The number of carbonyl (C=O) groups is 1. The molecule has 0 saturated carbocycles. The van der Waals surface area contributed by atoms with Gasteiger partial charge in [0.1, 0.15) is 11.6 Å². The van der Waals surface area contributed by atoms with Crippen LogP contribution in [0.2, 0.25) is 0 Å². The Hall–Kier alpha value is -2.85. The second-order valence-electron chi connectivity index (χ2n) is 7.27. The average Bonchev–Trinajstić information content (AvgIpc) is 3.25. The Bertz CT molecular complexity index is 1020. The lowest BCUT2D eigenvalue weighted by molar-refractivity contribution is 0.0952. The number of carbonyl (C=O) groups excluding carboxylic acids is 1. The van der Waals surface area contributed by atoms with E-state index in [1.807, 2.05) is 25.3 Å². The molecule has 2 heterocycles. The Kier molecular flexibility index (Phi) is 9.77. The Balaban J connectivity index is 1.59. The van der Waals surface area contributed by atoms with Gasteiger partial charge in [0.05, 0.1) is 31.3 Å². The van der Waals surface area contributed by atoms with Crippen molar-refractivity contribution in [2.75, 3.05) is 44.5 Å². The molecule has 33 heavy (non-hydrogen) atoms. The molecule has 0 spiro atoms. The van der Waals surface area contributed by atoms with Crippen LogP contribution in [0, 0.1) is 0 Å². The van der Waals surface area contributed by atoms with Crippen LogP contribution >= 0.6 is 11.8 Å². The van der Waals surface area contributed by atoms with Crippen molar-refractivity contribution in [1.29, 1.82) is 0 Å². The van der Waals surface area contributed by atoms with E-state index in [1.165, 1.54) is 11.8 Å². The highest BCUT2D eigenvalue weighted by Crippen LogP contribution is 2.23. The van der Waals surface area contributed by atoms with Gasteiger partial charge in [-0.2, -0.15) is 5.10 Å². The fourth-order valence-electron chi connectivity index (χ4n) is 3.13. The van der Waals surface area contributed by atoms with Crippen molar-refractivity contribution in [2.45, 2.75) is 38.4 Å². The van der Waals surface area contributed by atoms with Crippen molar-refractivity contribution >= 4 is 34.5 Å². The van der Waals surface area contributed by atoms with E-state index in [2.05, 4.69) is 32.6 Å². The summed E-state index contributed by atoms with van der Waals surface area (Å²) in [5.74, 6) is 1.38. The van der Waals surface area contributed by atoms with Gasteiger partial charge >= 0.3 is 0 Å². The molecule has 0 bridgehead atoms. The monoisotopic (exact) mass is 472 g/mol. The zero-order valence-electron chi connectivity index (χ0n) is 19.5. The van der Waals surface area contributed by atoms with Gasteiger partial charge in [0.2, 0.25) is 0 Å². The van der Waals surface area contributed by atoms with Gasteiger partial charge < -0.3 is 20.1 Å². The molecule has 0 saturated heterocycles. The van der Waals surface area contributed by atoms with Gasteiger partial charge in [-0.1, -0.05) is 25.1 Å². The van der Waals surface area contributed by atoms with Gasteiger partial charge in [0, 0.05) is 25.3 Å². The van der Waals surface area contributed by atoms with Crippen LogP contribution in [0.4, 0.5) is 5.82 Å². The summed E-state index contributed by atoms with van der Waals surface area (Å²) in [4.78, 5) is 21.7. The van der Waals surface area contributed by atoms with Crippen molar-refractivity contribution in [3.8, 4) is 5.75 Å². The number of hydrogen-bond donors (Lipinski definition) is 2. The lowest BCUT2D eigenvalue weighted by Crippen LogP contribution is -2.27. The third-order valence-electron chi connectivity index (χ3n) is 4.89. The smallest absolute Gasteiger partial charge is 0.251 e.